The number of piperazine rings is 1. The van der Waals surface area contributed by atoms with E-state index in [0.29, 0.717) is 11.6 Å². The first-order valence-corrected chi connectivity index (χ1v) is 7.55. The number of hydrogen-bond acceptors (Lipinski definition) is 3. The number of aryl methyl sites for hydroxylation is 1. The van der Waals surface area contributed by atoms with E-state index in [-0.39, 0.29) is 0 Å². The molecule has 106 valence electrons. The van der Waals surface area contributed by atoms with E-state index in [1.54, 1.807) is 0 Å². The summed E-state index contributed by atoms with van der Waals surface area (Å²) in [6, 6.07) is 2.75. The third-order valence-electron chi connectivity index (χ3n) is 5.04. The van der Waals surface area contributed by atoms with Crippen molar-refractivity contribution in [3.63, 3.8) is 0 Å². The van der Waals surface area contributed by atoms with Crippen LogP contribution in [0.3, 0.4) is 0 Å². The molecule has 1 aromatic heterocycles. The van der Waals surface area contributed by atoms with Crippen LogP contribution >= 0.6 is 0 Å². The van der Waals surface area contributed by atoms with Crippen LogP contribution in [0.1, 0.15) is 32.4 Å². The maximum atomic E-state index is 4.26. The first kappa shape index (κ1) is 13.1. The Bertz CT molecular complexity index is 437. The lowest BCUT2D eigenvalue weighted by Gasteiger charge is -2.48. The molecule has 19 heavy (non-hydrogen) atoms. The Morgan fingerprint density at radius 2 is 2.26 bits per heavy atom. The van der Waals surface area contributed by atoms with E-state index in [4.69, 9.17) is 0 Å². The minimum absolute atomic E-state index is 0.366. The Morgan fingerprint density at radius 1 is 1.47 bits per heavy atom. The van der Waals surface area contributed by atoms with Gasteiger partial charge >= 0.3 is 0 Å². The molecule has 4 nitrogen and oxygen atoms in total. The molecule has 0 aromatic carbocycles. The van der Waals surface area contributed by atoms with E-state index in [2.05, 4.69) is 35.2 Å². The van der Waals surface area contributed by atoms with Gasteiger partial charge in [-0.05, 0) is 38.7 Å². The molecule has 1 N–H and O–H groups in total. The van der Waals surface area contributed by atoms with E-state index in [1.807, 2.05) is 17.9 Å². The van der Waals surface area contributed by atoms with Crippen molar-refractivity contribution in [2.75, 3.05) is 19.6 Å². The molecule has 1 aromatic rings. The third kappa shape index (κ3) is 2.56. The number of hydrogen-bond donors (Lipinski definition) is 1. The van der Waals surface area contributed by atoms with E-state index in [1.165, 1.54) is 25.1 Å². The number of aromatic nitrogens is 2. The van der Waals surface area contributed by atoms with Gasteiger partial charge in [-0.2, -0.15) is 5.10 Å². The summed E-state index contributed by atoms with van der Waals surface area (Å²) >= 11 is 0. The van der Waals surface area contributed by atoms with Gasteiger partial charge in [0.05, 0.1) is 0 Å². The van der Waals surface area contributed by atoms with E-state index in [0.717, 1.165) is 25.4 Å². The molecule has 4 heteroatoms. The summed E-state index contributed by atoms with van der Waals surface area (Å²) in [6.45, 7) is 8.21. The minimum Gasteiger partial charge on any atom is -0.311 e. The number of nitrogens with one attached hydrogen (secondary N) is 1. The van der Waals surface area contributed by atoms with Crippen LogP contribution in [0.5, 0.6) is 0 Å². The fourth-order valence-electron chi connectivity index (χ4n) is 3.45. The Hall–Kier alpha value is -0.870. The minimum atomic E-state index is 0.366. The molecule has 2 heterocycles. The van der Waals surface area contributed by atoms with Crippen LogP contribution in [0.25, 0.3) is 0 Å². The molecule has 0 spiro atoms. The van der Waals surface area contributed by atoms with Gasteiger partial charge in [0.25, 0.3) is 0 Å². The van der Waals surface area contributed by atoms with Crippen LogP contribution in [0.4, 0.5) is 0 Å². The van der Waals surface area contributed by atoms with Gasteiger partial charge in [0.15, 0.2) is 0 Å². The molecule has 2 atom stereocenters. The Kier molecular flexibility index (Phi) is 3.39. The summed E-state index contributed by atoms with van der Waals surface area (Å²) in [6.07, 6.45) is 5.82. The molecule has 3 rings (SSSR count). The second-order valence-corrected chi connectivity index (χ2v) is 6.56. The van der Waals surface area contributed by atoms with Crippen molar-refractivity contribution in [2.24, 2.45) is 13.0 Å². The molecule has 2 fully saturated rings. The highest BCUT2D eigenvalue weighted by molar-refractivity contribution is 5.06. The number of nitrogens with zero attached hydrogens (tertiary/aromatic N) is 3. The van der Waals surface area contributed by atoms with Gasteiger partial charge in [0, 0.05) is 56.6 Å². The quantitative estimate of drug-likeness (QED) is 0.891. The van der Waals surface area contributed by atoms with Gasteiger partial charge in [-0.25, -0.2) is 0 Å². The standard InChI is InChI=1S/C15H26N4/c1-12-10-19(9-7-14-6-8-17-18(14)3)15(2,11-16-12)13-4-5-13/h6,8,12-13,16H,4-5,7,9-11H2,1-3H3. The highest BCUT2D eigenvalue weighted by atomic mass is 15.3. The van der Waals surface area contributed by atoms with Gasteiger partial charge < -0.3 is 5.32 Å². The highest BCUT2D eigenvalue weighted by Crippen LogP contribution is 2.43. The lowest BCUT2D eigenvalue weighted by molar-refractivity contribution is 0.0391. The Morgan fingerprint density at radius 3 is 2.89 bits per heavy atom. The molecule has 2 unspecified atom stereocenters. The van der Waals surface area contributed by atoms with Gasteiger partial charge in [0.1, 0.15) is 0 Å². The Labute approximate surface area is 116 Å². The molecule has 0 radical (unpaired) electrons. The van der Waals surface area contributed by atoms with Crippen molar-refractivity contribution in [3.8, 4) is 0 Å². The van der Waals surface area contributed by atoms with E-state index in [9.17, 15) is 0 Å². The zero-order valence-electron chi connectivity index (χ0n) is 12.4. The maximum absolute atomic E-state index is 4.26. The van der Waals surface area contributed by atoms with E-state index < -0.39 is 0 Å². The van der Waals surface area contributed by atoms with Crippen LogP contribution < -0.4 is 5.32 Å². The Balaban J connectivity index is 1.67. The summed E-state index contributed by atoms with van der Waals surface area (Å²) in [5.74, 6) is 0.902. The fraction of sp³-hybridized carbons (Fsp3) is 0.800. The topological polar surface area (TPSA) is 33.1 Å². The van der Waals surface area contributed by atoms with E-state index >= 15 is 0 Å². The zero-order chi connectivity index (χ0) is 13.5. The summed E-state index contributed by atoms with van der Waals surface area (Å²) in [5, 5.41) is 7.93. The van der Waals surface area contributed by atoms with Gasteiger partial charge in [-0.3, -0.25) is 9.58 Å². The monoisotopic (exact) mass is 262 g/mol. The van der Waals surface area contributed by atoms with Crippen molar-refractivity contribution in [1.29, 1.82) is 0 Å². The largest absolute Gasteiger partial charge is 0.311 e. The van der Waals surface area contributed by atoms with Gasteiger partial charge in [-0.15, -0.1) is 0 Å². The van der Waals surface area contributed by atoms with Crippen LogP contribution in [0.15, 0.2) is 12.3 Å². The summed E-state index contributed by atoms with van der Waals surface area (Å²) in [4.78, 5) is 2.72. The summed E-state index contributed by atoms with van der Waals surface area (Å²) in [7, 11) is 2.04. The van der Waals surface area contributed by atoms with Gasteiger partial charge in [-0.1, -0.05) is 0 Å². The van der Waals surface area contributed by atoms with Crippen molar-refractivity contribution >= 4 is 0 Å². The van der Waals surface area contributed by atoms with Crippen molar-refractivity contribution in [3.05, 3.63) is 18.0 Å². The van der Waals surface area contributed by atoms with Crippen LogP contribution in [0, 0.1) is 5.92 Å². The predicted molar refractivity (Wildman–Crippen MR) is 77.1 cm³/mol. The van der Waals surface area contributed by atoms with Crippen LogP contribution in [0.2, 0.25) is 0 Å². The molecular weight excluding hydrogens is 236 g/mol. The fourth-order valence-corrected chi connectivity index (χ4v) is 3.45. The van der Waals surface area contributed by atoms with Crippen molar-refractivity contribution in [1.82, 2.24) is 20.0 Å². The highest BCUT2D eigenvalue weighted by Gasteiger charge is 2.47. The SMILES string of the molecule is CC1CN(CCc2ccnn2C)C(C)(C2CC2)CN1. The lowest BCUT2D eigenvalue weighted by atomic mass is 9.89. The average molecular weight is 262 g/mol. The summed E-state index contributed by atoms with van der Waals surface area (Å²) < 4.78 is 2.00. The molecule has 1 saturated carbocycles. The van der Waals surface area contributed by atoms with Crippen LogP contribution in [-0.2, 0) is 13.5 Å². The van der Waals surface area contributed by atoms with Crippen molar-refractivity contribution < 1.29 is 0 Å². The average Bonchev–Trinajstić information content (AvgIpc) is 3.16. The second kappa shape index (κ2) is 4.91. The summed E-state index contributed by atoms with van der Waals surface area (Å²) in [5.41, 5.74) is 1.70. The first-order valence-electron chi connectivity index (χ1n) is 7.55. The second-order valence-electron chi connectivity index (χ2n) is 6.56. The van der Waals surface area contributed by atoms with Crippen LogP contribution in [-0.4, -0.2) is 45.9 Å². The molecule has 1 saturated heterocycles. The molecule has 1 aliphatic carbocycles. The first-order chi connectivity index (χ1) is 9.09. The third-order valence-corrected chi connectivity index (χ3v) is 5.04. The molecule has 1 aliphatic heterocycles. The smallest absolute Gasteiger partial charge is 0.0492 e. The normalized spacial score (nSPS) is 32.7. The molecule has 2 aliphatic rings. The molecule has 0 bridgehead atoms. The molecule has 0 amide bonds. The maximum Gasteiger partial charge on any atom is 0.0492 e. The van der Waals surface area contributed by atoms with Crippen molar-refractivity contribution in [2.45, 2.75) is 44.7 Å². The number of rotatable bonds is 4. The zero-order valence-corrected chi connectivity index (χ0v) is 12.4. The lowest BCUT2D eigenvalue weighted by Crippen LogP contribution is -2.64. The predicted octanol–water partition coefficient (Wildman–Crippen LogP) is 1.42. The van der Waals surface area contributed by atoms with Gasteiger partial charge in [0.2, 0.25) is 0 Å². The molecular formula is C15H26N4.